The molecule has 0 radical (unpaired) electrons. The summed E-state index contributed by atoms with van der Waals surface area (Å²) in [4.78, 5) is 2.43. The molecule has 0 saturated carbocycles. The van der Waals surface area contributed by atoms with Gasteiger partial charge < -0.3 is 5.32 Å². The number of nitrogens with zero attached hydrogens (tertiary/aromatic N) is 1. The molecule has 21 heavy (non-hydrogen) atoms. The van der Waals surface area contributed by atoms with E-state index in [1.54, 1.807) is 6.07 Å². The molecule has 0 aliphatic carbocycles. The summed E-state index contributed by atoms with van der Waals surface area (Å²) in [5, 5.41) is 3.84. The van der Waals surface area contributed by atoms with Gasteiger partial charge in [0.25, 0.3) is 0 Å². The number of hydrogen-bond donors (Lipinski definition) is 1. The second-order valence-corrected chi connectivity index (χ2v) is 7.15. The lowest BCUT2D eigenvalue weighted by molar-refractivity contribution is 0.00164. The third kappa shape index (κ3) is 3.41. The monoisotopic (exact) mass is 312 g/mol. The van der Waals surface area contributed by atoms with Crippen LogP contribution in [0.5, 0.6) is 0 Å². The maximum absolute atomic E-state index is 14.2. The highest BCUT2D eigenvalue weighted by Crippen LogP contribution is 2.32. The molecule has 118 valence electrons. The van der Waals surface area contributed by atoms with Gasteiger partial charge in [-0.1, -0.05) is 37.6 Å². The van der Waals surface area contributed by atoms with Gasteiger partial charge in [-0.25, -0.2) is 4.39 Å². The quantitative estimate of drug-likeness (QED) is 0.895. The first-order valence-electron chi connectivity index (χ1n) is 7.76. The minimum absolute atomic E-state index is 0.0445. The summed E-state index contributed by atoms with van der Waals surface area (Å²) in [5.74, 6) is -0.281. The topological polar surface area (TPSA) is 15.3 Å². The van der Waals surface area contributed by atoms with Gasteiger partial charge in [-0.05, 0) is 32.8 Å². The summed E-state index contributed by atoms with van der Waals surface area (Å²) in [6.45, 7) is 11.3. The van der Waals surface area contributed by atoms with Gasteiger partial charge in [0.1, 0.15) is 5.82 Å². The summed E-state index contributed by atoms with van der Waals surface area (Å²) in [6.07, 6.45) is 2.10. The van der Waals surface area contributed by atoms with E-state index in [1.807, 2.05) is 12.1 Å². The number of halogens is 2. The van der Waals surface area contributed by atoms with E-state index in [4.69, 9.17) is 11.6 Å². The highest BCUT2D eigenvalue weighted by molar-refractivity contribution is 6.30. The zero-order valence-electron chi connectivity index (χ0n) is 13.5. The molecule has 1 aromatic rings. The van der Waals surface area contributed by atoms with Crippen molar-refractivity contribution in [2.75, 3.05) is 13.1 Å². The van der Waals surface area contributed by atoms with Crippen LogP contribution in [0.1, 0.15) is 46.1 Å². The lowest BCUT2D eigenvalue weighted by atomic mass is 9.84. The van der Waals surface area contributed by atoms with Crippen molar-refractivity contribution in [3.63, 3.8) is 0 Å². The molecule has 0 spiro atoms. The van der Waals surface area contributed by atoms with Gasteiger partial charge in [0.2, 0.25) is 0 Å². The molecule has 1 aromatic carbocycles. The Balaban J connectivity index is 2.30. The predicted octanol–water partition coefficient (Wildman–Crippen LogP) is 4.22. The van der Waals surface area contributed by atoms with Crippen molar-refractivity contribution in [1.82, 2.24) is 10.2 Å². The second-order valence-electron chi connectivity index (χ2n) is 6.74. The Morgan fingerprint density at radius 3 is 2.57 bits per heavy atom. The Bertz CT molecular complexity index is 498. The largest absolute Gasteiger partial charge is 0.309 e. The van der Waals surface area contributed by atoms with Crippen molar-refractivity contribution in [2.45, 2.75) is 58.2 Å². The molecule has 0 atom stereocenters. The van der Waals surface area contributed by atoms with Crippen LogP contribution >= 0.6 is 11.6 Å². The minimum atomic E-state index is -0.281. The summed E-state index contributed by atoms with van der Waals surface area (Å²) >= 11 is 5.92. The second kappa shape index (κ2) is 6.23. The van der Waals surface area contributed by atoms with Crippen LogP contribution in [0.2, 0.25) is 5.02 Å². The van der Waals surface area contributed by atoms with E-state index >= 15 is 0 Å². The average molecular weight is 313 g/mol. The fraction of sp³-hybridized carbons (Fsp3) is 0.647. The van der Waals surface area contributed by atoms with Crippen LogP contribution < -0.4 is 5.32 Å². The molecule has 1 fully saturated rings. The smallest absolute Gasteiger partial charge is 0.146 e. The molecule has 1 saturated heterocycles. The number of rotatable bonds is 4. The molecule has 0 bridgehead atoms. The van der Waals surface area contributed by atoms with Crippen LogP contribution in [0.25, 0.3) is 0 Å². The normalized spacial score (nSPS) is 21.4. The van der Waals surface area contributed by atoms with Gasteiger partial charge in [0.05, 0.1) is 5.02 Å². The van der Waals surface area contributed by atoms with E-state index in [2.05, 4.69) is 37.9 Å². The summed E-state index contributed by atoms with van der Waals surface area (Å²) in [7, 11) is 0. The van der Waals surface area contributed by atoms with Crippen molar-refractivity contribution >= 4 is 11.6 Å². The van der Waals surface area contributed by atoms with Gasteiger partial charge in [-0.15, -0.1) is 0 Å². The third-order valence-electron chi connectivity index (χ3n) is 4.86. The average Bonchev–Trinajstić information content (AvgIpc) is 2.44. The summed E-state index contributed by atoms with van der Waals surface area (Å²) < 4.78 is 14.2. The third-order valence-corrected chi connectivity index (χ3v) is 5.15. The summed E-state index contributed by atoms with van der Waals surface area (Å²) in [6, 6.07) is 5.27. The van der Waals surface area contributed by atoms with Crippen LogP contribution in [0.15, 0.2) is 18.2 Å². The molecule has 1 aliphatic heterocycles. The first-order valence-corrected chi connectivity index (χ1v) is 8.14. The molecular weight excluding hydrogens is 287 g/mol. The van der Waals surface area contributed by atoms with Gasteiger partial charge in [-0.3, -0.25) is 4.90 Å². The Labute approximate surface area is 132 Å². The van der Waals surface area contributed by atoms with Gasteiger partial charge in [-0.2, -0.15) is 0 Å². The van der Waals surface area contributed by atoms with Crippen LogP contribution in [0.3, 0.4) is 0 Å². The van der Waals surface area contributed by atoms with Crippen LogP contribution in [-0.4, -0.2) is 29.1 Å². The fourth-order valence-electron chi connectivity index (χ4n) is 3.26. The predicted molar refractivity (Wildman–Crippen MR) is 87.2 cm³/mol. The van der Waals surface area contributed by atoms with E-state index in [9.17, 15) is 4.39 Å². The maximum Gasteiger partial charge on any atom is 0.146 e. The molecule has 1 N–H and O–H groups in total. The Hall–Kier alpha value is -0.640. The molecule has 4 heteroatoms. The molecular formula is C17H26ClFN2. The number of nitrogens with one attached hydrogen (secondary N) is 1. The van der Waals surface area contributed by atoms with Gasteiger partial charge in [0, 0.05) is 36.3 Å². The number of benzene rings is 1. The Morgan fingerprint density at radius 1 is 1.29 bits per heavy atom. The Kier molecular flexibility index (Phi) is 4.96. The van der Waals surface area contributed by atoms with E-state index in [0.717, 1.165) is 25.9 Å². The van der Waals surface area contributed by atoms with E-state index in [0.29, 0.717) is 12.1 Å². The van der Waals surface area contributed by atoms with Crippen molar-refractivity contribution in [3.8, 4) is 0 Å². The molecule has 0 amide bonds. The molecule has 2 rings (SSSR count). The highest BCUT2D eigenvalue weighted by Gasteiger charge is 2.41. The van der Waals surface area contributed by atoms with Crippen molar-refractivity contribution in [3.05, 3.63) is 34.6 Å². The Morgan fingerprint density at radius 2 is 1.95 bits per heavy atom. The first-order chi connectivity index (χ1) is 9.83. The highest BCUT2D eigenvalue weighted by atomic mass is 35.5. The van der Waals surface area contributed by atoms with E-state index < -0.39 is 0 Å². The number of hydrogen-bond acceptors (Lipinski definition) is 2. The van der Waals surface area contributed by atoms with Gasteiger partial charge >= 0.3 is 0 Å². The maximum atomic E-state index is 14.2. The minimum Gasteiger partial charge on any atom is -0.309 e. The van der Waals surface area contributed by atoms with Crippen molar-refractivity contribution < 1.29 is 4.39 Å². The lowest BCUT2D eigenvalue weighted by Gasteiger charge is -2.52. The van der Waals surface area contributed by atoms with Gasteiger partial charge in [0.15, 0.2) is 0 Å². The van der Waals surface area contributed by atoms with E-state index in [-0.39, 0.29) is 21.9 Å². The molecule has 0 aromatic heterocycles. The summed E-state index contributed by atoms with van der Waals surface area (Å²) in [5.41, 5.74) is 0.819. The first kappa shape index (κ1) is 16.7. The van der Waals surface area contributed by atoms with Crippen molar-refractivity contribution in [1.29, 1.82) is 0 Å². The standard InChI is InChI=1S/C17H26ClFN2/c1-5-17(6-2)11-20-16(3,4)12-21(17)10-13-8-7-9-14(18)15(13)19/h7-9,20H,5-6,10-12H2,1-4H3. The molecule has 1 aliphatic rings. The zero-order valence-corrected chi connectivity index (χ0v) is 14.2. The molecule has 1 heterocycles. The zero-order chi connectivity index (χ0) is 15.7. The number of piperazine rings is 1. The lowest BCUT2D eigenvalue weighted by Crippen LogP contribution is -2.67. The van der Waals surface area contributed by atoms with Crippen LogP contribution in [0, 0.1) is 5.82 Å². The van der Waals surface area contributed by atoms with Crippen LogP contribution in [0.4, 0.5) is 4.39 Å². The SMILES string of the molecule is CCC1(CC)CNC(C)(C)CN1Cc1cccc(Cl)c1F. The van der Waals surface area contributed by atoms with Crippen molar-refractivity contribution in [2.24, 2.45) is 0 Å². The van der Waals surface area contributed by atoms with E-state index in [1.165, 1.54) is 0 Å². The fourth-order valence-corrected chi connectivity index (χ4v) is 3.46. The molecule has 2 nitrogen and oxygen atoms in total. The van der Waals surface area contributed by atoms with Crippen LogP contribution in [-0.2, 0) is 6.54 Å². The molecule has 0 unspecified atom stereocenters.